The Bertz CT molecular complexity index is 334. The van der Waals surface area contributed by atoms with Gasteiger partial charge in [0.1, 0.15) is 0 Å². The molecule has 19 heavy (non-hydrogen) atoms. The zero-order valence-electron chi connectivity index (χ0n) is 11.9. The standard InChI is InChI=1S/C13H24N2O3S/c1-13(2,19-3)8-15-12(18)14-7-9-5-4-6-10(9)11(16)17/h9-10H,4-8H2,1-3H3,(H,16,17)(H2,14,15,18). The number of aliphatic carboxylic acids is 1. The Labute approximate surface area is 118 Å². The number of hydrogen-bond acceptors (Lipinski definition) is 3. The highest BCUT2D eigenvalue weighted by Gasteiger charge is 2.32. The van der Waals surface area contributed by atoms with E-state index >= 15 is 0 Å². The van der Waals surface area contributed by atoms with Gasteiger partial charge in [0.2, 0.25) is 0 Å². The van der Waals surface area contributed by atoms with Crippen LogP contribution in [0.25, 0.3) is 0 Å². The molecule has 2 unspecified atom stereocenters. The van der Waals surface area contributed by atoms with Crippen molar-refractivity contribution in [2.24, 2.45) is 11.8 Å². The lowest BCUT2D eigenvalue weighted by molar-refractivity contribution is -0.142. The summed E-state index contributed by atoms with van der Waals surface area (Å²) in [5, 5.41) is 14.7. The Morgan fingerprint density at radius 2 is 2.00 bits per heavy atom. The summed E-state index contributed by atoms with van der Waals surface area (Å²) in [5.41, 5.74) is 0. The number of rotatable bonds is 6. The van der Waals surface area contributed by atoms with Crippen molar-refractivity contribution in [3.63, 3.8) is 0 Å². The second kappa shape index (κ2) is 7.03. The van der Waals surface area contributed by atoms with Gasteiger partial charge in [0.05, 0.1) is 5.92 Å². The van der Waals surface area contributed by atoms with E-state index in [-0.39, 0.29) is 22.6 Å². The molecule has 0 aromatic carbocycles. The fourth-order valence-corrected chi connectivity index (χ4v) is 2.47. The van der Waals surface area contributed by atoms with E-state index < -0.39 is 5.97 Å². The van der Waals surface area contributed by atoms with Crippen LogP contribution >= 0.6 is 11.8 Å². The minimum Gasteiger partial charge on any atom is -0.481 e. The second-order valence-corrected chi connectivity index (χ2v) is 7.18. The molecule has 2 atom stereocenters. The van der Waals surface area contributed by atoms with Crippen LogP contribution in [0.2, 0.25) is 0 Å². The molecule has 5 nitrogen and oxygen atoms in total. The maximum Gasteiger partial charge on any atom is 0.314 e. The first-order chi connectivity index (χ1) is 8.85. The minimum atomic E-state index is -0.742. The summed E-state index contributed by atoms with van der Waals surface area (Å²) in [6, 6.07) is -0.210. The fourth-order valence-electron chi connectivity index (χ4n) is 2.26. The molecule has 0 aromatic heterocycles. The SMILES string of the molecule is CSC(C)(C)CNC(=O)NCC1CCCC1C(=O)O. The van der Waals surface area contributed by atoms with E-state index in [2.05, 4.69) is 24.5 Å². The normalized spacial score (nSPS) is 23.1. The highest BCUT2D eigenvalue weighted by Crippen LogP contribution is 2.31. The number of urea groups is 1. The zero-order valence-corrected chi connectivity index (χ0v) is 12.7. The van der Waals surface area contributed by atoms with E-state index in [0.29, 0.717) is 13.1 Å². The van der Waals surface area contributed by atoms with Crippen LogP contribution in [-0.4, -0.2) is 41.2 Å². The number of thioether (sulfide) groups is 1. The van der Waals surface area contributed by atoms with Gasteiger partial charge in [-0.1, -0.05) is 6.42 Å². The van der Waals surface area contributed by atoms with E-state index in [1.165, 1.54) is 0 Å². The van der Waals surface area contributed by atoms with Crippen LogP contribution in [0.15, 0.2) is 0 Å². The van der Waals surface area contributed by atoms with Gasteiger partial charge < -0.3 is 15.7 Å². The van der Waals surface area contributed by atoms with Crippen LogP contribution < -0.4 is 10.6 Å². The monoisotopic (exact) mass is 288 g/mol. The molecule has 0 radical (unpaired) electrons. The molecule has 1 fully saturated rings. The number of hydrogen-bond donors (Lipinski definition) is 3. The van der Waals surface area contributed by atoms with Gasteiger partial charge in [0.25, 0.3) is 0 Å². The van der Waals surface area contributed by atoms with Crippen LogP contribution in [-0.2, 0) is 4.79 Å². The molecule has 2 amide bonds. The van der Waals surface area contributed by atoms with Crippen molar-refractivity contribution in [3.8, 4) is 0 Å². The highest BCUT2D eigenvalue weighted by atomic mass is 32.2. The number of nitrogens with one attached hydrogen (secondary N) is 2. The number of carboxylic acid groups (broad SMARTS) is 1. The molecule has 0 heterocycles. The molecular formula is C13H24N2O3S. The van der Waals surface area contributed by atoms with E-state index in [9.17, 15) is 9.59 Å². The lowest BCUT2D eigenvalue weighted by Crippen LogP contribution is -2.44. The van der Waals surface area contributed by atoms with E-state index in [0.717, 1.165) is 19.3 Å². The van der Waals surface area contributed by atoms with Crippen LogP contribution in [0.4, 0.5) is 4.79 Å². The van der Waals surface area contributed by atoms with Crippen molar-refractivity contribution in [1.82, 2.24) is 10.6 Å². The average Bonchev–Trinajstić information content (AvgIpc) is 2.82. The summed E-state index contributed by atoms with van der Waals surface area (Å²) in [6.07, 6.45) is 4.55. The number of amides is 2. The molecule has 1 aliphatic rings. The summed E-state index contributed by atoms with van der Waals surface area (Å²) in [7, 11) is 0. The van der Waals surface area contributed by atoms with Crippen LogP contribution in [0.5, 0.6) is 0 Å². The maximum atomic E-state index is 11.7. The van der Waals surface area contributed by atoms with Gasteiger partial charge in [0, 0.05) is 17.8 Å². The number of carboxylic acids is 1. The van der Waals surface area contributed by atoms with Crippen molar-refractivity contribution in [1.29, 1.82) is 0 Å². The maximum absolute atomic E-state index is 11.7. The highest BCUT2D eigenvalue weighted by molar-refractivity contribution is 7.99. The second-order valence-electron chi connectivity index (χ2n) is 5.66. The summed E-state index contributed by atoms with van der Waals surface area (Å²) in [6.45, 7) is 5.17. The molecule has 0 aliphatic heterocycles. The lowest BCUT2D eigenvalue weighted by atomic mass is 9.96. The molecule has 3 N–H and O–H groups in total. The third kappa shape index (κ3) is 5.30. The van der Waals surface area contributed by atoms with E-state index in [4.69, 9.17) is 5.11 Å². The Kier molecular flexibility index (Phi) is 5.97. The Hall–Kier alpha value is -0.910. The molecule has 0 saturated heterocycles. The molecular weight excluding hydrogens is 264 g/mol. The molecule has 1 aliphatic carbocycles. The predicted molar refractivity (Wildman–Crippen MR) is 77.5 cm³/mol. The van der Waals surface area contributed by atoms with Crippen molar-refractivity contribution in [3.05, 3.63) is 0 Å². The predicted octanol–water partition coefficient (Wildman–Crippen LogP) is 1.93. The number of carbonyl (C=O) groups excluding carboxylic acids is 1. The molecule has 0 aromatic rings. The Morgan fingerprint density at radius 1 is 1.32 bits per heavy atom. The van der Waals surface area contributed by atoms with Gasteiger partial charge in [-0.25, -0.2) is 4.79 Å². The molecule has 1 rings (SSSR count). The first-order valence-corrected chi connectivity index (χ1v) is 7.88. The first-order valence-electron chi connectivity index (χ1n) is 6.65. The van der Waals surface area contributed by atoms with Crippen molar-refractivity contribution in [2.45, 2.75) is 37.9 Å². The third-order valence-electron chi connectivity index (χ3n) is 3.73. The Balaban J connectivity index is 2.28. The summed E-state index contributed by atoms with van der Waals surface area (Å²) < 4.78 is 0.00823. The van der Waals surface area contributed by atoms with E-state index in [1.54, 1.807) is 11.8 Å². The van der Waals surface area contributed by atoms with Crippen LogP contribution in [0.3, 0.4) is 0 Å². The first kappa shape index (κ1) is 16.1. The fraction of sp³-hybridized carbons (Fsp3) is 0.846. The quantitative estimate of drug-likeness (QED) is 0.698. The average molecular weight is 288 g/mol. The molecule has 110 valence electrons. The lowest BCUT2D eigenvalue weighted by Gasteiger charge is -2.23. The van der Waals surface area contributed by atoms with Gasteiger partial charge in [-0.3, -0.25) is 4.79 Å². The van der Waals surface area contributed by atoms with Gasteiger partial charge in [0.15, 0.2) is 0 Å². The van der Waals surface area contributed by atoms with Crippen LogP contribution in [0.1, 0.15) is 33.1 Å². The summed E-state index contributed by atoms with van der Waals surface area (Å²) in [4.78, 5) is 22.7. The molecule has 0 spiro atoms. The van der Waals surface area contributed by atoms with Gasteiger partial charge in [-0.15, -0.1) is 0 Å². The summed E-state index contributed by atoms with van der Waals surface area (Å²) in [5.74, 6) is -0.979. The van der Waals surface area contributed by atoms with Crippen molar-refractivity contribution in [2.75, 3.05) is 19.3 Å². The Morgan fingerprint density at radius 3 is 2.58 bits per heavy atom. The third-order valence-corrected chi connectivity index (χ3v) is 4.98. The van der Waals surface area contributed by atoms with Gasteiger partial charge in [-0.2, -0.15) is 11.8 Å². The molecule has 6 heteroatoms. The van der Waals surface area contributed by atoms with Crippen molar-refractivity contribution >= 4 is 23.8 Å². The van der Waals surface area contributed by atoms with Crippen LogP contribution in [0, 0.1) is 11.8 Å². The van der Waals surface area contributed by atoms with E-state index in [1.807, 2.05) is 6.26 Å². The molecule has 0 bridgehead atoms. The summed E-state index contributed by atoms with van der Waals surface area (Å²) >= 11 is 1.70. The minimum absolute atomic E-state index is 0.00823. The topological polar surface area (TPSA) is 78.4 Å². The smallest absolute Gasteiger partial charge is 0.314 e. The van der Waals surface area contributed by atoms with Gasteiger partial charge in [-0.05, 0) is 38.9 Å². The zero-order chi connectivity index (χ0) is 14.5. The van der Waals surface area contributed by atoms with Crippen molar-refractivity contribution < 1.29 is 14.7 Å². The molecule has 1 saturated carbocycles. The largest absolute Gasteiger partial charge is 0.481 e. The van der Waals surface area contributed by atoms with Gasteiger partial charge >= 0.3 is 12.0 Å². The number of carbonyl (C=O) groups is 2.